The van der Waals surface area contributed by atoms with Crippen LogP contribution in [-0.4, -0.2) is 19.0 Å². The molecule has 1 atom stereocenters. The van der Waals surface area contributed by atoms with Gasteiger partial charge >= 0.3 is 0 Å². The summed E-state index contributed by atoms with van der Waals surface area (Å²) in [5, 5.41) is 1.61. The summed E-state index contributed by atoms with van der Waals surface area (Å²) < 4.78 is 66.1. The zero-order chi connectivity index (χ0) is 13.2. The maximum absolute atomic E-state index is 7.42. The summed E-state index contributed by atoms with van der Waals surface area (Å²) in [4.78, 5) is 0. The van der Waals surface area contributed by atoms with Crippen LogP contribution in [0.15, 0.2) is 0 Å². The number of nitrogens with one attached hydrogen (secondary N) is 1. The lowest BCUT2D eigenvalue weighted by molar-refractivity contribution is 0.459. The molecule has 1 saturated heterocycles. The molecule has 1 aliphatic heterocycles. The van der Waals surface area contributed by atoms with Crippen LogP contribution in [0.4, 0.5) is 0 Å². The van der Waals surface area contributed by atoms with Crippen molar-refractivity contribution in [2.75, 3.05) is 13.0 Å². The first-order valence-corrected chi connectivity index (χ1v) is 1.79. The molecule has 0 saturated carbocycles. The van der Waals surface area contributed by atoms with Crippen LogP contribution in [0.2, 0.25) is 0 Å². The van der Waals surface area contributed by atoms with Crippen LogP contribution in [0.1, 0.15) is 25.1 Å². The second-order valence-corrected chi connectivity index (χ2v) is 1.04. The Bertz CT molecular complexity index is 281. The van der Waals surface area contributed by atoms with Gasteiger partial charge in [-0.25, -0.2) is 0 Å². The molecule has 0 spiro atoms. The molecule has 1 aliphatic rings. The molecule has 1 fully saturated rings. The van der Waals surface area contributed by atoms with Crippen molar-refractivity contribution < 1.29 is 12.3 Å². The molecule has 2 nitrogen and oxygen atoms in total. The number of rotatable bonds is 0. The van der Waals surface area contributed by atoms with E-state index in [1.54, 1.807) is 5.32 Å². The van der Waals surface area contributed by atoms with Gasteiger partial charge in [0.2, 0.25) is 0 Å². The number of hydrogen-bond donors (Lipinski definition) is 2. The minimum absolute atomic E-state index is 1.61. The Balaban J connectivity index is 3.43. The van der Waals surface area contributed by atoms with E-state index >= 15 is 0 Å². The Labute approximate surface area is 56.7 Å². The smallest absolute Gasteiger partial charge is 0.0476 e. The largest absolute Gasteiger partial charge is 0.327 e. The van der Waals surface area contributed by atoms with E-state index in [1.165, 1.54) is 0 Å². The van der Waals surface area contributed by atoms with Gasteiger partial charge in [-0.05, 0) is 19.2 Å². The molecule has 1 unspecified atom stereocenters. The van der Waals surface area contributed by atoms with Crippen molar-refractivity contribution in [2.24, 2.45) is 5.73 Å². The van der Waals surface area contributed by atoms with E-state index in [-0.39, 0.29) is 0 Å². The minimum atomic E-state index is -3.20. The van der Waals surface area contributed by atoms with Gasteiger partial charge in [-0.2, -0.15) is 0 Å². The SMILES string of the molecule is [2H]C1([2H])NC([2H])([2H])C([2H])(N)C([2H])([2H])C1([2H])[2H]. The van der Waals surface area contributed by atoms with Crippen molar-refractivity contribution in [2.45, 2.75) is 18.8 Å². The van der Waals surface area contributed by atoms with Crippen molar-refractivity contribution in [1.82, 2.24) is 5.32 Å². The van der Waals surface area contributed by atoms with Crippen LogP contribution in [0.25, 0.3) is 0 Å². The summed E-state index contributed by atoms with van der Waals surface area (Å²) >= 11 is 0. The molecule has 0 aromatic carbocycles. The summed E-state index contributed by atoms with van der Waals surface area (Å²) in [7, 11) is 0. The van der Waals surface area contributed by atoms with Gasteiger partial charge in [-0.15, -0.1) is 0 Å². The van der Waals surface area contributed by atoms with Crippen LogP contribution in [0, 0.1) is 0 Å². The third-order valence-electron chi connectivity index (χ3n) is 0.519. The molecular formula is C5H12N2. The van der Waals surface area contributed by atoms with Gasteiger partial charge < -0.3 is 11.1 Å². The number of piperidine rings is 1. The van der Waals surface area contributed by atoms with Crippen LogP contribution in [-0.2, 0) is 0 Å². The first-order valence-electron chi connectivity index (χ1n) is 6.29. The van der Waals surface area contributed by atoms with Crippen LogP contribution in [0.3, 0.4) is 0 Å². The predicted molar refractivity (Wildman–Crippen MR) is 30.1 cm³/mol. The molecule has 0 aromatic rings. The Morgan fingerprint density at radius 3 is 3.71 bits per heavy atom. The fourth-order valence-corrected chi connectivity index (χ4v) is 0.260. The molecule has 1 rings (SSSR count). The van der Waals surface area contributed by atoms with Gasteiger partial charge in [-0.1, -0.05) is 0 Å². The Morgan fingerprint density at radius 1 is 2.00 bits per heavy atom. The summed E-state index contributed by atoms with van der Waals surface area (Å²) in [6, 6.07) is -2.95. The van der Waals surface area contributed by atoms with E-state index in [1.807, 2.05) is 0 Å². The molecular weight excluding hydrogens is 88.1 g/mol. The zero-order valence-corrected chi connectivity index (χ0v) is 3.58. The molecule has 3 N–H and O–H groups in total. The molecule has 0 radical (unpaired) electrons. The predicted octanol–water partition coefficient (Wildman–Crippen LogP) is -0.303. The molecule has 2 heteroatoms. The Hall–Kier alpha value is -0.0800. The second-order valence-electron chi connectivity index (χ2n) is 1.04. The molecule has 7 heavy (non-hydrogen) atoms. The highest BCUT2D eigenvalue weighted by Crippen LogP contribution is 1.96. The average Bonchev–Trinajstić information content (AvgIpc) is 1.98. The molecule has 0 aromatic heterocycles. The fraction of sp³-hybridized carbons (Fsp3) is 1.00. The van der Waals surface area contributed by atoms with Crippen molar-refractivity contribution in [1.29, 1.82) is 0 Å². The lowest BCUT2D eigenvalue weighted by atomic mass is 10.1. The molecule has 0 aliphatic carbocycles. The van der Waals surface area contributed by atoms with E-state index in [0.717, 1.165) is 0 Å². The average molecular weight is 109 g/mol. The van der Waals surface area contributed by atoms with Gasteiger partial charge in [0.15, 0.2) is 0 Å². The maximum atomic E-state index is 7.42. The number of hydrogen-bond acceptors (Lipinski definition) is 2. The van der Waals surface area contributed by atoms with Gasteiger partial charge in [0.25, 0.3) is 0 Å². The highest BCUT2D eigenvalue weighted by atomic mass is 14.9. The highest BCUT2D eigenvalue weighted by molar-refractivity contribution is 4.69. The minimum Gasteiger partial charge on any atom is -0.327 e. The number of nitrogens with two attached hydrogens (primary N) is 1. The molecule has 42 valence electrons. The van der Waals surface area contributed by atoms with Crippen LogP contribution >= 0.6 is 0 Å². The van der Waals surface area contributed by atoms with Crippen molar-refractivity contribution in [3.63, 3.8) is 0 Å². The molecule has 1 heterocycles. The Morgan fingerprint density at radius 2 is 2.86 bits per heavy atom. The van der Waals surface area contributed by atoms with Crippen LogP contribution in [0.5, 0.6) is 0 Å². The third-order valence-corrected chi connectivity index (χ3v) is 0.519. The first kappa shape index (κ1) is 0.957. The van der Waals surface area contributed by atoms with Crippen molar-refractivity contribution in [3.8, 4) is 0 Å². The fourth-order valence-electron chi connectivity index (χ4n) is 0.260. The highest BCUT2D eigenvalue weighted by Gasteiger charge is 2.05. The standard InChI is InChI=1S/C5H12N2/c6-5-2-1-3-7-4-5/h5,7H,1-4,6H2/i1D2,2D2,3D2,4D2,5D. The first-order chi connectivity index (χ1) is 6.71. The van der Waals surface area contributed by atoms with Crippen LogP contribution < -0.4 is 11.1 Å². The molecule has 0 bridgehead atoms. The van der Waals surface area contributed by atoms with Crippen molar-refractivity contribution in [3.05, 3.63) is 0 Å². The summed E-state index contributed by atoms with van der Waals surface area (Å²) in [6.07, 6.45) is -6.33. The van der Waals surface area contributed by atoms with Gasteiger partial charge in [0.1, 0.15) is 0 Å². The second kappa shape index (κ2) is 2.28. The maximum Gasteiger partial charge on any atom is 0.0476 e. The van der Waals surface area contributed by atoms with Crippen molar-refractivity contribution >= 4 is 0 Å². The van der Waals surface area contributed by atoms with Gasteiger partial charge in [0.05, 0.1) is 0 Å². The van der Waals surface area contributed by atoms with E-state index in [4.69, 9.17) is 18.1 Å². The van der Waals surface area contributed by atoms with E-state index < -0.39 is 31.8 Å². The lowest BCUT2D eigenvalue weighted by Crippen LogP contribution is -2.39. The summed E-state index contributed by atoms with van der Waals surface area (Å²) in [5.41, 5.74) is 5.18. The summed E-state index contributed by atoms with van der Waals surface area (Å²) in [5.74, 6) is 0. The quantitative estimate of drug-likeness (QED) is 0.448. The zero-order valence-electron chi connectivity index (χ0n) is 12.6. The normalized spacial score (nSPS) is 91.3. The van der Waals surface area contributed by atoms with Gasteiger partial charge in [0, 0.05) is 24.9 Å². The summed E-state index contributed by atoms with van der Waals surface area (Å²) in [6.45, 7) is -5.87. The van der Waals surface area contributed by atoms with E-state index in [9.17, 15) is 0 Å². The topological polar surface area (TPSA) is 38.0 Å². The third kappa shape index (κ3) is 1.45. The monoisotopic (exact) mass is 109 g/mol. The van der Waals surface area contributed by atoms with E-state index in [2.05, 4.69) is 0 Å². The van der Waals surface area contributed by atoms with Gasteiger partial charge in [-0.3, -0.25) is 0 Å². The Kier molecular flexibility index (Phi) is 0.312. The molecule has 0 amide bonds. The van der Waals surface area contributed by atoms with E-state index in [0.29, 0.717) is 0 Å². The lowest BCUT2D eigenvalue weighted by Gasteiger charge is -2.17.